The van der Waals surface area contributed by atoms with Crippen LogP contribution in [0.5, 0.6) is 0 Å². The summed E-state index contributed by atoms with van der Waals surface area (Å²) >= 11 is 1.45. The van der Waals surface area contributed by atoms with E-state index in [4.69, 9.17) is 4.74 Å². The lowest BCUT2D eigenvalue weighted by Crippen LogP contribution is -2.05. The summed E-state index contributed by atoms with van der Waals surface area (Å²) in [5, 5.41) is 6.76. The fourth-order valence-electron chi connectivity index (χ4n) is 1.79. The smallest absolute Gasteiger partial charge is 0.342 e. The van der Waals surface area contributed by atoms with Crippen molar-refractivity contribution in [3.05, 3.63) is 58.7 Å². The minimum absolute atomic E-state index is 0.225. The Balaban J connectivity index is 1.77. The number of benzene rings is 1. The molecule has 0 saturated heterocycles. The minimum atomic E-state index is -0.397. The summed E-state index contributed by atoms with van der Waals surface area (Å²) in [6.45, 7) is 0.225. The van der Waals surface area contributed by atoms with Crippen molar-refractivity contribution in [3.8, 4) is 11.3 Å². The average molecular weight is 285 g/mol. The van der Waals surface area contributed by atoms with Gasteiger partial charge in [0.25, 0.3) is 0 Å². The molecule has 0 unspecified atom stereocenters. The molecule has 0 bridgehead atoms. The lowest BCUT2D eigenvalue weighted by molar-refractivity contribution is 0.0477. The lowest BCUT2D eigenvalue weighted by Gasteiger charge is -2.04. The van der Waals surface area contributed by atoms with Crippen molar-refractivity contribution in [2.75, 3.05) is 0 Å². The number of esters is 1. The number of nitrogens with zero attached hydrogens (tertiary/aromatic N) is 2. The van der Waals surface area contributed by atoms with Gasteiger partial charge in [0.15, 0.2) is 0 Å². The molecule has 0 saturated carbocycles. The summed E-state index contributed by atoms with van der Waals surface area (Å²) in [5.41, 5.74) is 3.70. The maximum Gasteiger partial charge on any atom is 0.342 e. The van der Waals surface area contributed by atoms with Gasteiger partial charge >= 0.3 is 5.97 Å². The van der Waals surface area contributed by atoms with Gasteiger partial charge in [0.1, 0.15) is 12.2 Å². The molecule has 0 aliphatic carbocycles. The maximum absolute atomic E-state index is 12.1. The third kappa shape index (κ3) is 2.60. The van der Waals surface area contributed by atoms with Gasteiger partial charge in [0.05, 0.1) is 22.3 Å². The molecule has 1 N–H and O–H groups in total. The van der Waals surface area contributed by atoms with Crippen LogP contribution in [0.2, 0.25) is 0 Å². The zero-order valence-corrected chi connectivity index (χ0v) is 11.3. The molecule has 0 radical (unpaired) electrons. The van der Waals surface area contributed by atoms with Crippen molar-refractivity contribution in [2.45, 2.75) is 6.61 Å². The van der Waals surface area contributed by atoms with Crippen LogP contribution >= 0.6 is 11.3 Å². The molecule has 100 valence electrons. The zero-order valence-electron chi connectivity index (χ0n) is 10.4. The minimum Gasteiger partial charge on any atom is -0.456 e. The largest absolute Gasteiger partial charge is 0.456 e. The maximum atomic E-state index is 12.1. The highest BCUT2D eigenvalue weighted by atomic mass is 32.1. The molecule has 0 aliphatic heterocycles. The Kier molecular flexibility index (Phi) is 3.56. The van der Waals surface area contributed by atoms with Crippen molar-refractivity contribution in [1.29, 1.82) is 0 Å². The van der Waals surface area contributed by atoms with Crippen LogP contribution in [0, 0.1) is 0 Å². The van der Waals surface area contributed by atoms with E-state index < -0.39 is 5.97 Å². The number of ether oxygens (including phenoxy) is 1. The number of aromatic nitrogens is 3. The van der Waals surface area contributed by atoms with E-state index in [9.17, 15) is 4.79 Å². The lowest BCUT2D eigenvalue weighted by atomic mass is 10.1. The molecule has 3 rings (SSSR count). The Morgan fingerprint density at radius 2 is 2.10 bits per heavy atom. The van der Waals surface area contributed by atoms with Gasteiger partial charge in [-0.3, -0.25) is 10.1 Å². The Bertz CT molecular complexity index is 692. The molecule has 2 aromatic heterocycles. The fraction of sp³-hybridized carbons (Fsp3) is 0.0714. The van der Waals surface area contributed by atoms with Crippen LogP contribution in [0.1, 0.15) is 15.2 Å². The highest BCUT2D eigenvalue weighted by Gasteiger charge is 2.16. The fourth-order valence-corrected chi connectivity index (χ4v) is 2.30. The summed E-state index contributed by atoms with van der Waals surface area (Å²) < 4.78 is 5.26. The number of rotatable bonds is 4. The first kappa shape index (κ1) is 12.6. The van der Waals surface area contributed by atoms with Crippen molar-refractivity contribution in [1.82, 2.24) is 15.2 Å². The van der Waals surface area contributed by atoms with E-state index in [1.165, 1.54) is 17.5 Å². The number of carbonyl (C=O) groups is 1. The molecule has 0 fully saturated rings. The second-order valence-corrected chi connectivity index (χ2v) is 5.04. The van der Waals surface area contributed by atoms with E-state index in [0.29, 0.717) is 11.3 Å². The van der Waals surface area contributed by atoms with Gasteiger partial charge in [-0.1, -0.05) is 30.3 Å². The number of carbonyl (C=O) groups excluding carboxylic acids is 1. The normalized spacial score (nSPS) is 10.4. The van der Waals surface area contributed by atoms with E-state index in [1.54, 1.807) is 11.7 Å². The summed E-state index contributed by atoms with van der Waals surface area (Å²) in [4.78, 5) is 16.9. The van der Waals surface area contributed by atoms with E-state index in [-0.39, 0.29) is 6.61 Å². The molecule has 5 nitrogen and oxygen atoms in total. The topological polar surface area (TPSA) is 67.9 Å². The van der Waals surface area contributed by atoms with Gasteiger partial charge in [-0.2, -0.15) is 5.10 Å². The zero-order chi connectivity index (χ0) is 13.8. The summed E-state index contributed by atoms with van der Waals surface area (Å²) in [6, 6.07) is 9.55. The van der Waals surface area contributed by atoms with Gasteiger partial charge in [0, 0.05) is 11.8 Å². The Hall–Kier alpha value is -2.47. The van der Waals surface area contributed by atoms with E-state index >= 15 is 0 Å². The number of hydrogen-bond acceptors (Lipinski definition) is 5. The first-order chi connectivity index (χ1) is 9.84. The highest BCUT2D eigenvalue weighted by molar-refractivity contribution is 7.09. The standard InChI is InChI=1S/C14H11N3O2S/c18-14(19-8-11-6-15-9-20-11)12-7-16-17-13(12)10-4-2-1-3-5-10/h1-7,9H,8H2,(H,16,17). The predicted molar refractivity (Wildman–Crippen MR) is 75.3 cm³/mol. The van der Waals surface area contributed by atoms with Gasteiger partial charge in [0.2, 0.25) is 0 Å². The van der Waals surface area contributed by atoms with E-state index in [0.717, 1.165) is 10.4 Å². The van der Waals surface area contributed by atoms with Gasteiger partial charge in [-0.15, -0.1) is 11.3 Å². The molecule has 1 aromatic carbocycles. The van der Waals surface area contributed by atoms with Crippen LogP contribution in [0.3, 0.4) is 0 Å². The SMILES string of the molecule is O=C(OCc1cncs1)c1cn[nH]c1-c1ccccc1. The van der Waals surface area contributed by atoms with Gasteiger partial charge in [-0.25, -0.2) is 4.79 Å². The first-order valence-electron chi connectivity index (χ1n) is 5.98. The number of aromatic amines is 1. The molecule has 0 spiro atoms. The second kappa shape index (κ2) is 5.66. The molecule has 6 heteroatoms. The molecule has 2 heterocycles. The molecule has 0 atom stereocenters. The number of hydrogen-bond donors (Lipinski definition) is 1. The van der Waals surface area contributed by atoms with Crippen molar-refractivity contribution in [3.63, 3.8) is 0 Å². The molecule has 0 aliphatic rings. The van der Waals surface area contributed by atoms with Gasteiger partial charge < -0.3 is 4.74 Å². The Morgan fingerprint density at radius 3 is 2.85 bits per heavy atom. The molecule has 0 amide bonds. The van der Waals surface area contributed by atoms with Crippen molar-refractivity contribution >= 4 is 17.3 Å². The summed E-state index contributed by atoms with van der Waals surface area (Å²) in [7, 11) is 0. The van der Waals surface area contributed by atoms with Gasteiger partial charge in [-0.05, 0) is 0 Å². The third-order valence-corrected chi connectivity index (χ3v) is 3.50. The van der Waals surface area contributed by atoms with E-state index in [1.807, 2.05) is 30.3 Å². The third-order valence-electron chi connectivity index (χ3n) is 2.75. The highest BCUT2D eigenvalue weighted by Crippen LogP contribution is 2.21. The van der Waals surface area contributed by atoms with Crippen LogP contribution in [-0.4, -0.2) is 21.2 Å². The number of nitrogens with one attached hydrogen (secondary N) is 1. The quantitative estimate of drug-likeness (QED) is 0.748. The van der Waals surface area contributed by atoms with E-state index in [2.05, 4.69) is 15.2 Å². The predicted octanol–water partition coefficient (Wildman–Crippen LogP) is 2.89. The summed E-state index contributed by atoms with van der Waals surface area (Å²) in [5.74, 6) is -0.397. The monoisotopic (exact) mass is 285 g/mol. The van der Waals surface area contributed by atoms with Crippen molar-refractivity contribution in [2.24, 2.45) is 0 Å². The van der Waals surface area contributed by atoms with Crippen LogP contribution in [0.25, 0.3) is 11.3 Å². The molecular formula is C14H11N3O2S. The van der Waals surface area contributed by atoms with Crippen LogP contribution < -0.4 is 0 Å². The number of thiazole rings is 1. The first-order valence-corrected chi connectivity index (χ1v) is 6.86. The molecular weight excluding hydrogens is 274 g/mol. The van der Waals surface area contributed by atoms with Crippen LogP contribution in [-0.2, 0) is 11.3 Å². The average Bonchev–Trinajstić information content (AvgIpc) is 3.17. The second-order valence-electron chi connectivity index (χ2n) is 4.07. The molecule has 3 aromatic rings. The summed E-state index contributed by atoms with van der Waals surface area (Å²) in [6.07, 6.45) is 3.17. The van der Waals surface area contributed by atoms with Crippen LogP contribution in [0.15, 0.2) is 48.2 Å². The van der Waals surface area contributed by atoms with Crippen LogP contribution in [0.4, 0.5) is 0 Å². The Morgan fingerprint density at radius 1 is 1.25 bits per heavy atom. The molecule has 20 heavy (non-hydrogen) atoms. The Labute approximate surface area is 119 Å². The van der Waals surface area contributed by atoms with Crippen molar-refractivity contribution < 1.29 is 9.53 Å². The number of H-pyrrole nitrogens is 1.